The average Bonchev–Trinajstić information content (AvgIpc) is 2.97. The molecular weight excluding hydrogens is 278 g/mol. The Hall–Kier alpha value is -2.37. The van der Waals surface area contributed by atoms with Gasteiger partial charge in [-0.25, -0.2) is 9.78 Å². The smallest absolute Gasteiger partial charge is 0.321 e. The van der Waals surface area contributed by atoms with Gasteiger partial charge in [-0.1, -0.05) is 0 Å². The van der Waals surface area contributed by atoms with E-state index < -0.39 is 0 Å². The maximum Gasteiger partial charge on any atom is 0.321 e. The summed E-state index contributed by atoms with van der Waals surface area (Å²) >= 11 is 0. The first kappa shape index (κ1) is 14.6. The van der Waals surface area contributed by atoms with Crippen LogP contribution in [0.1, 0.15) is 17.8 Å². The molecule has 1 atom stereocenters. The van der Waals surface area contributed by atoms with Crippen molar-refractivity contribution in [3.8, 4) is 0 Å². The van der Waals surface area contributed by atoms with Crippen molar-refractivity contribution < 1.29 is 4.79 Å². The van der Waals surface area contributed by atoms with E-state index in [1.165, 1.54) is 0 Å². The lowest BCUT2D eigenvalue weighted by molar-refractivity contribution is 0.207. The molecule has 6 nitrogen and oxygen atoms in total. The molecule has 1 unspecified atom stereocenters. The van der Waals surface area contributed by atoms with E-state index in [1.54, 1.807) is 17.3 Å². The molecule has 0 spiro atoms. The van der Waals surface area contributed by atoms with Crippen LogP contribution in [0.2, 0.25) is 0 Å². The molecule has 3 heterocycles. The molecule has 1 aliphatic heterocycles. The molecular formula is C16H21N5O. The van der Waals surface area contributed by atoms with Crippen molar-refractivity contribution in [1.29, 1.82) is 0 Å². The zero-order valence-corrected chi connectivity index (χ0v) is 13.0. The highest BCUT2D eigenvalue weighted by Crippen LogP contribution is 2.20. The number of hydrogen-bond donors (Lipinski definition) is 1. The molecule has 0 saturated heterocycles. The number of aryl methyl sites for hydroxylation is 2. The third-order valence-corrected chi connectivity index (χ3v) is 4.21. The number of rotatable bonds is 3. The van der Waals surface area contributed by atoms with Crippen LogP contribution in [0.5, 0.6) is 0 Å². The molecule has 2 aromatic heterocycles. The predicted octanol–water partition coefficient (Wildman–Crippen LogP) is 2.31. The quantitative estimate of drug-likeness (QED) is 0.946. The lowest BCUT2D eigenvalue weighted by Gasteiger charge is -2.28. The molecule has 1 N–H and O–H groups in total. The van der Waals surface area contributed by atoms with Crippen molar-refractivity contribution >= 4 is 11.7 Å². The minimum Gasteiger partial charge on any atom is -0.335 e. The minimum absolute atomic E-state index is 0.0926. The summed E-state index contributed by atoms with van der Waals surface area (Å²) in [6.45, 7) is 3.67. The Labute approximate surface area is 130 Å². The Kier molecular flexibility index (Phi) is 4.09. The number of nitrogens with zero attached hydrogens (tertiary/aromatic N) is 4. The maximum absolute atomic E-state index is 12.3. The summed E-state index contributed by atoms with van der Waals surface area (Å²) in [5.41, 5.74) is 1.77. The van der Waals surface area contributed by atoms with E-state index in [0.717, 1.165) is 43.0 Å². The van der Waals surface area contributed by atoms with Gasteiger partial charge in [0.2, 0.25) is 0 Å². The summed E-state index contributed by atoms with van der Waals surface area (Å²) in [5.74, 6) is 1.58. The number of imidazole rings is 1. The van der Waals surface area contributed by atoms with E-state index in [0.29, 0.717) is 5.92 Å². The van der Waals surface area contributed by atoms with E-state index >= 15 is 0 Å². The number of pyridine rings is 1. The molecule has 0 bridgehead atoms. The zero-order valence-electron chi connectivity index (χ0n) is 13.0. The summed E-state index contributed by atoms with van der Waals surface area (Å²) in [6, 6.07) is 1.79. The molecule has 2 aromatic rings. The van der Waals surface area contributed by atoms with E-state index in [4.69, 9.17) is 0 Å². The van der Waals surface area contributed by atoms with Crippen LogP contribution >= 0.6 is 0 Å². The fourth-order valence-electron chi connectivity index (χ4n) is 2.85. The van der Waals surface area contributed by atoms with Crippen molar-refractivity contribution in [1.82, 2.24) is 19.4 Å². The fourth-order valence-corrected chi connectivity index (χ4v) is 2.85. The number of carbonyl (C=O) groups excluding carboxylic acids is 1. The largest absolute Gasteiger partial charge is 0.335 e. The van der Waals surface area contributed by atoms with Crippen molar-refractivity contribution in [3.63, 3.8) is 0 Å². The van der Waals surface area contributed by atoms with Crippen molar-refractivity contribution in [3.05, 3.63) is 42.2 Å². The molecule has 0 radical (unpaired) electrons. The molecule has 2 amide bonds. The molecule has 1 aliphatic rings. The number of nitrogens with one attached hydrogen (secondary N) is 1. The summed E-state index contributed by atoms with van der Waals surface area (Å²) in [6.07, 6.45) is 9.27. The molecule has 22 heavy (non-hydrogen) atoms. The van der Waals surface area contributed by atoms with Gasteiger partial charge in [0.1, 0.15) is 5.82 Å². The number of hydrogen-bond acceptors (Lipinski definition) is 3. The highest BCUT2D eigenvalue weighted by atomic mass is 16.2. The highest BCUT2D eigenvalue weighted by Gasteiger charge is 2.22. The summed E-state index contributed by atoms with van der Waals surface area (Å²) < 4.78 is 2.19. The Balaban J connectivity index is 1.57. The van der Waals surface area contributed by atoms with Crippen LogP contribution < -0.4 is 5.32 Å². The van der Waals surface area contributed by atoms with Gasteiger partial charge >= 0.3 is 6.03 Å². The van der Waals surface area contributed by atoms with Crippen LogP contribution in [-0.2, 0) is 13.0 Å². The highest BCUT2D eigenvalue weighted by molar-refractivity contribution is 5.89. The summed E-state index contributed by atoms with van der Waals surface area (Å²) in [5, 5.41) is 2.92. The normalized spacial score (nSPS) is 16.9. The number of fused-ring (bicyclic) bond motifs is 1. The molecule has 116 valence electrons. The standard InChI is InChI=1S/C16H21N5O/c1-12-3-5-17-10-14(12)19-16(22)20(2)11-13-4-7-21-8-6-18-15(21)9-13/h3,5-6,8,10,13H,4,7,9,11H2,1-2H3,(H,19,22). The van der Waals surface area contributed by atoms with Gasteiger partial charge in [-0.3, -0.25) is 4.98 Å². The predicted molar refractivity (Wildman–Crippen MR) is 84.7 cm³/mol. The summed E-state index contributed by atoms with van der Waals surface area (Å²) in [7, 11) is 1.84. The van der Waals surface area contributed by atoms with Gasteiger partial charge in [0.15, 0.2) is 0 Å². The Morgan fingerprint density at radius 2 is 2.36 bits per heavy atom. The second kappa shape index (κ2) is 6.17. The molecule has 0 fully saturated rings. The lowest BCUT2D eigenvalue weighted by Crippen LogP contribution is -2.37. The third-order valence-electron chi connectivity index (χ3n) is 4.21. The van der Waals surface area contributed by atoms with E-state index in [1.807, 2.05) is 32.4 Å². The lowest BCUT2D eigenvalue weighted by atomic mass is 9.97. The van der Waals surface area contributed by atoms with Gasteiger partial charge in [-0.2, -0.15) is 0 Å². The monoisotopic (exact) mass is 299 g/mol. The molecule has 0 aromatic carbocycles. The van der Waals surface area contributed by atoms with Gasteiger partial charge < -0.3 is 14.8 Å². The topological polar surface area (TPSA) is 63.1 Å². The van der Waals surface area contributed by atoms with E-state index in [-0.39, 0.29) is 6.03 Å². The fraction of sp³-hybridized carbons (Fsp3) is 0.438. The second-order valence-corrected chi connectivity index (χ2v) is 5.90. The number of urea groups is 1. The number of carbonyl (C=O) groups is 1. The zero-order chi connectivity index (χ0) is 15.5. The van der Waals surface area contributed by atoms with Gasteiger partial charge in [0.25, 0.3) is 0 Å². The van der Waals surface area contributed by atoms with Gasteiger partial charge in [-0.05, 0) is 30.9 Å². The molecule has 0 saturated carbocycles. The first-order valence-electron chi connectivity index (χ1n) is 7.56. The number of anilines is 1. The number of aromatic nitrogens is 3. The Morgan fingerprint density at radius 3 is 3.18 bits per heavy atom. The van der Waals surface area contributed by atoms with Crippen LogP contribution in [-0.4, -0.2) is 39.1 Å². The molecule has 0 aliphatic carbocycles. The minimum atomic E-state index is -0.0926. The van der Waals surface area contributed by atoms with Crippen molar-refractivity contribution in [2.75, 3.05) is 18.9 Å². The van der Waals surface area contributed by atoms with Gasteiger partial charge in [0, 0.05) is 45.1 Å². The van der Waals surface area contributed by atoms with Crippen LogP contribution in [0.4, 0.5) is 10.5 Å². The Morgan fingerprint density at radius 1 is 1.50 bits per heavy atom. The summed E-state index contributed by atoms with van der Waals surface area (Å²) in [4.78, 5) is 22.5. The van der Waals surface area contributed by atoms with Crippen molar-refractivity contribution in [2.45, 2.75) is 26.3 Å². The van der Waals surface area contributed by atoms with Crippen LogP contribution in [0.25, 0.3) is 0 Å². The van der Waals surface area contributed by atoms with E-state index in [2.05, 4.69) is 19.9 Å². The van der Waals surface area contributed by atoms with Crippen molar-refractivity contribution in [2.24, 2.45) is 5.92 Å². The van der Waals surface area contributed by atoms with Crippen LogP contribution in [0.15, 0.2) is 30.9 Å². The first-order valence-corrected chi connectivity index (χ1v) is 7.56. The third kappa shape index (κ3) is 3.10. The molecule has 6 heteroatoms. The first-order chi connectivity index (χ1) is 10.6. The van der Waals surface area contributed by atoms with E-state index in [9.17, 15) is 4.79 Å². The van der Waals surface area contributed by atoms with Crippen LogP contribution in [0, 0.1) is 12.8 Å². The van der Waals surface area contributed by atoms with Gasteiger partial charge in [0.05, 0.1) is 11.9 Å². The Bertz CT molecular complexity index is 666. The molecule has 3 rings (SSSR count). The maximum atomic E-state index is 12.3. The second-order valence-electron chi connectivity index (χ2n) is 5.90. The van der Waals surface area contributed by atoms with Crippen LogP contribution in [0.3, 0.4) is 0 Å². The average molecular weight is 299 g/mol. The number of amides is 2. The van der Waals surface area contributed by atoms with Gasteiger partial charge in [-0.15, -0.1) is 0 Å². The SMILES string of the molecule is Cc1ccncc1NC(=O)N(C)CC1CCn2ccnc2C1.